The molecule has 0 saturated heterocycles. The minimum absolute atomic E-state index is 0.549. The van der Waals surface area contributed by atoms with E-state index in [1.165, 1.54) is 5.39 Å². The zero-order valence-corrected chi connectivity index (χ0v) is 14.8. The van der Waals surface area contributed by atoms with Gasteiger partial charge >= 0.3 is 0 Å². The Balaban J connectivity index is 1.52. The molecule has 28 heavy (non-hydrogen) atoms. The van der Waals surface area contributed by atoms with Crippen LogP contribution in [0.1, 0.15) is 0 Å². The highest BCUT2D eigenvalue weighted by atomic mass is 16.4. The largest absolute Gasteiger partial charge is 0.418 e. The minimum atomic E-state index is 0.549. The van der Waals surface area contributed by atoms with Crippen molar-refractivity contribution in [2.75, 3.05) is 0 Å². The Morgan fingerprint density at radius 1 is 0.714 bits per heavy atom. The average Bonchev–Trinajstić information content (AvgIpc) is 3.33. The van der Waals surface area contributed by atoms with Gasteiger partial charge in [0.05, 0.1) is 5.52 Å². The van der Waals surface area contributed by atoms with E-state index in [9.17, 15) is 0 Å². The Bertz CT molecular complexity index is 1370. The number of hydrogen-bond donors (Lipinski definition) is 0. The molecular weight excluding hydrogens is 348 g/mol. The maximum atomic E-state index is 5.78. The summed E-state index contributed by atoms with van der Waals surface area (Å²) >= 11 is 0. The lowest BCUT2D eigenvalue weighted by atomic mass is 10.2. The molecule has 4 heterocycles. The topological polar surface area (TPSA) is 56.7 Å². The van der Waals surface area contributed by atoms with Gasteiger partial charge < -0.3 is 4.42 Å². The van der Waals surface area contributed by atoms with Crippen molar-refractivity contribution in [3.05, 3.63) is 85.2 Å². The number of oxazole rings is 1. The molecule has 0 radical (unpaired) electrons. The average molecular weight is 362 g/mol. The fourth-order valence-corrected chi connectivity index (χ4v) is 3.70. The van der Waals surface area contributed by atoms with Crippen molar-refractivity contribution in [2.45, 2.75) is 0 Å². The third-order valence-corrected chi connectivity index (χ3v) is 4.97. The molecule has 132 valence electrons. The fourth-order valence-electron chi connectivity index (χ4n) is 3.70. The standard InChI is InChI=1S/C23H14N4O/c1-2-8-20-17(5-1)18-6-3-13-24-21(18)27(20)16-11-9-15(10-12-16)22-26-19-7-4-14-25-23(19)28-22/h1-14H. The summed E-state index contributed by atoms with van der Waals surface area (Å²) in [6, 6.07) is 24.4. The first kappa shape index (κ1) is 15.1. The second-order valence-electron chi connectivity index (χ2n) is 6.62. The molecule has 0 unspecified atom stereocenters. The zero-order chi connectivity index (χ0) is 18.5. The van der Waals surface area contributed by atoms with Crippen molar-refractivity contribution in [1.29, 1.82) is 0 Å². The van der Waals surface area contributed by atoms with Crippen LogP contribution in [0.2, 0.25) is 0 Å². The molecule has 2 aromatic carbocycles. The Kier molecular flexibility index (Phi) is 3.10. The summed E-state index contributed by atoms with van der Waals surface area (Å²) in [6.07, 6.45) is 3.53. The van der Waals surface area contributed by atoms with E-state index in [1.54, 1.807) is 6.20 Å². The summed E-state index contributed by atoms with van der Waals surface area (Å²) in [4.78, 5) is 13.4. The lowest BCUT2D eigenvalue weighted by molar-refractivity contribution is 0.608. The third-order valence-electron chi connectivity index (χ3n) is 4.97. The van der Waals surface area contributed by atoms with E-state index in [4.69, 9.17) is 4.42 Å². The van der Waals surface area contributed by atoms with Crippen LogP contribution < -0.4 is 0 Å². The summed E-state index contributed by atoms with van der Waals surface area (Å²) in [5.41, 5.74) is 5.34. The highest BCUT2D eigenvalue weighted by Gasteiger charge is 2.13. The van der Waals surface area contributed by atoms with E-state index < -0.39 is 0 Å². The van der Waals surface area contributed by atoms with Crippen molar-refractivity contribution in [1.82, 2.24) is 19.5 Å². The van der Waals surface area contributed by atoms with Crippen LogP contribution in [0.15, 0.2) is 89.6 Å². The SMILES string of the molecule is c1cnc2oc(-c3ccc(-n4c5ccccc5c5cccnc54)cc3)nc2c1. The third kappa shape index (κ3) is 2.16. The van der Waals surface area contributed by atoms with Crippen molar-refractivity contribution in [3.8, 4) is 17.1 Å². The fraction of sp³-hybridized carbons (Fsp3) is 0. The first-order valence-corrected chi connectivity index (χ1v) is 9.05. The van der Waals surface area contributed by atoms with Gasteiger partial charge in [-0.1, -0.05) is 18.2 Å². The van der Waals surface area contributed by atoms with Gasteiger partial charge in [0.2, 0.25) is 11.6 Å². The van der Waals surface area contributed by atoms with Crippen molar-refractivity contribution in [3.63, 3.8) is 0 Å². The van der Waals surface area contributed by atoms with Gasteiger partial charge in [-0.25, -0.2) is 15.0 Å². The first-order chi connectivity index (χ1) is 13.9. The molecular formula is C23H14N4O. The van der Waals surface area contributed by atoms with Gasteiger partial charge in [0.1, 0.15) is 11.2 Å². The van der Waals surface area contributed by atoms with Crippen LogP contribution in [0.25, 0.3) is 50.3 Å². The van der Waals surface area contributed by atoms with E-state index in [-0.39, 0.29) is 0 Å². The Morgan fingerprint density at radius 3 is 2.39 bits per heavy atom. The van der Waals surface area contributed by atoms with Crippen LogP contribution >= 0.6 is 0 Å². The molecule has 0 spiro atoms. The van der Waals surface area contributed by atoms with Gasteiger partial charge in [-0.05, 0) is 54.6 Å². The number of pyridine rings is 2. The molecule has 0 aliphatic heterocycles. The lowest BCUT2D eigenvalue weighted by Crippen LogP contribution is -1.95. The van der Waals surface area contributed by atoms with Crippen LogP contribution in [-0.4, -0.2) is 19.5 Å². The van der Waals surface area contributed by atoms with E-state index in [0.717, 1.165) is 33.3 Å². The number of nitrogens with zero attached hydrogens (tertiary/aromatic N) is 4. The number of benzene rings is 2. The minimum Gasteiger partial charge on any atom is -0.418 e. The summed E-state index contributed by atoms with van der Waals surface area (Å²) in [6.45, 7) is 0. The lowest BCUT2D eigenvalue weighted by Gasteiger charge is -2.07. The maximum absolute atomic E-state index is 5.78. The molecule has 5 heteroatoms. The summed E-state index contributed by atoms with van der Waals surface area (Å²) in [7, 11) is 0. The quantitative estimate of drug-likeness (QED) is 0.415. The van der Waals surface area contributed by atoms with Crippen molar-refractivity contribution < 1.29 is 4.42 Å². The van der Waals surface area contributed by atoms with Gasteiger partial charge in [0.15, 0.2) is 0 Å². The van der Waals surface area contributed by atoms with Crippen LogP contribution in [0, 0.1) is 0 Å². The second-order valence-corrected chi connectivity index (χ2v) is 6.62. The van der Waals surface area contributed by atoms with Gasteiger partial charge in [0, 0.05) is 34.4 Å². The molecule has 0 atom stereocenters. The van der Waals surface area contributed by atoms with Crippen LogP contribution in [-0.2, 0) is 0 Å². The van der Waals surface area contributed by atoms with Gasteiger partial charge in [0.25, 0.3) is 0 Å². The summed E-state index contributed by atoms with van der Waals surface area (Å²) in [5.74, 6) is 0.570. The molecule has 0 fully saturated rings. The smallest absolute Gasteiger partial charge is 0.247 e. The maximum Gasteiger partial charge on any atom is 0.247 e. The number of rotatable bonds is 2. The molecule has 0 N–H and O–H groups in total. The Labute approximate surface area is 159 Å². The van der Waals surface area contributed by atoms with Gasteiger partial charge in [-0.3, -0.25) is 4.57 Å². The van der Waals surface area contributed by atoms with E-state index in [0.29, 0.717) is 11.6 Å². The molecule has 0 bridgehead atoms. The first-order valence-electron chi connectivity index (χ1n) is 9.05. The monoisotopic (exact) mass is 362 g/mol. The molecule has 6 rings (SSSR count). The van der Waals surface area contributed by atoms with E-state index in [1.807, 2.05) is 36.5 Å². The molecule has 4 aromatic heterocycles. The predicted molar refractivity (Wildman–Crippen MR) is 109 cm³/mol. The van der Waals surface area contributed by atoms with Gasteiger partial charge in [-0.15, -0.1) is 0 Å². The highest BCUT2D eigenvalue weighted by Crippen LogP contribution is 2.31. The Hall–Kier alpha value is -3.99. The zero-order valence-electron chi connectivity index (χ0n) is 14.8. The molecule has 6 aromatic rings. The molecule has 0 aliphatic rings. The molecule has 5 nitrogen and oxygen atoms in total. The van der Waals surface area contributed by atoms with Crippen LogP contribution in [0.3, 0.4) is 0 Å². The van der Waals surface area contributed by atoms with E-state index >= 15 is 0 Å². The van der Waals surface area contributed by atoms with Crippen LogP contribution in [0.4, 0.5) is 0 Å². The predicted octanol–water partition coefficient (Wildman–Crippen LogP) is 5.38. The number of fused-ring (bicyclic) bond motifs is 4. The van der Waals surface area contributed by atoms with Crippen molar-refractivity contribution in [2.24, 2.45) is 0 Å². The highest BCUT2D eigenvalue weighted by molar-refractivity contribution is 6.07. The number of para-hydroxylation sites is 1. The molecule has 0 aliphatic carbocycles. The summed E-state index contributed by atoms with van der Waals surface area (Å²) < 4.78 is 7.97. The number of aromatic nitrogens is 4. The number of hydrogen-bond acceptors (Lipinski definition) is 4. The normalized spacial score (nSPS) is 11.6. The second kappa shape index (κ2) is 5.76. The van der Waals surface area contributed by atoms with Gasteiger partial charge in [-0.2, -0.15) is 0 Å². The Morgan fingerprint density at radius 2 is 1.50 bits per heavy atom. The van der Waals surface area contributed by atoms with E-state index in [2.05, 4.69) is 62.0 Å². The molecule has 0 saturated carbocycles. The van der Waals surface area contributed by atoms with Crippen LogP contribution in [0.5, 0.6) is 0 Å². The summed E-state index contributed by atoms with van der Waals surface area (Å²) in [5, 5.41) is 2.34. The molecule has 0 amide bonds. The van der Waals surface area contributed by atoms with Crippen molar-refractivity contribution >= 4 is 33.2 Å².